The smallest absolute Gasteiger partial charge is 0.270 e. The monoisotopic (exact) mass is 361 g/mol. The lowest BCUT2D eigenvalue weighted by Gasteiger charge is -2.06. The summed E-state index contributed by atoms with van der Waals surface area (Å²) in [4.78, 5) is 22.4. The van der Waals surface area contributed by atoms with Crippen LogP contribution in [0.25, 0.3) is 11.4 Å². The molecule has 0 atom stereocenters. The Bertz CT molecular complexity index is 1070. The first-order valence-electron chi connectivity index (χ1n) is 7.43. The highest BCUT2D eigenvalue weighted by Gasteiger charge is 2.13. The number of hydrogen-bond donors (Lipinski definition) is 2. The van der Waals surface area contributed by atoms with Gasteiger partial charge in [-0.15, -0.1) is 10.2 Å². The zero-order valence-corrected chi connectivity index (χ0v) is 13.6. The van der Waals surface area contributed by atoms with Gasteiger partial charge in [0, 0.05) is 30.1 Å². The van der Waals surface area contributed by atoms with Gasteiger partial charge in [0.2, 0.25) is 0 Å². The van der Waals surface area contributed by atoms with E-state index in [2.05, 4.69) is 25.2 Å². The molecule has 4 N–H and O–H groups in total. The van der Waals surface area contributed by atoms with Crippen molar-refractivity contribution in [3.8, 4) is 17.5 Å². The lowest BCUT2D eigenvalue weighted by molar-refractivity contribution is -0.384. The number of nitro groups is 1. The van der Waals surface area contributed by atoms with Crippen molar-refractivity contribution in [1.29, 1.82) is 5.26 Å². The molecule has 11 heteroatoms. The Balaban J connectivity index is 1.97. The third kappa shape index (κ3) is 3.64. The normalized spacial score (nSPS) is 10.6. The molecule has 0 amide bonds. The molecule has 3 aromatic rings. The summed E-state index contributed by atoms with van der Waals surface area (Å²) in [5, 5.41) is 27.7. The number of nitriles is 1. The number of hydrogen-bond acceptors (Lipinski definition) is 10. The zero-order chi connectivity index (χ0) is 19.4. The van der Waals surface area contributed by atoms with E-state index in [-0.39, 0.29) is 40.1 Å². The van der Waals surface area contributed by atoms with Gasteiger partial charge in [-0.3, -0.25) is 15.1 Å². The van der Waals surface area contributed by atoms with E-state index in [1.807, 2.05) is 6.07 Å². The number of azo groups is 1. The highest BCUT2D eigenvalue weighted by atomic mass is 16.6. The summed E-state index contributed by atoms with van der Waals surface area (Å²) in [6, 6.07) is 8.91. The Hall–Kier alpha value is -4.46. The maximum absolute atomic E-state index is 10.8. The van der Waals surface area contributed by atoms with Gasteiger partial charge in [-0.1, -0.05) is 0 Å². The van der Waals surface area contributed by atoms with Crippen molar-refractivity contribution in [2.75, 3.05) is 11.5 Å². The van der Waals surface area contributed by atoms with Crippen molar-refractivity contribution >= 4 is 28.7 Å². The first kappa shape index (κ1) is 17.4. The van der Waals surface area contributed by atoms with E-state index in [1.54, 1.807) is 24.5 Å². The van der Waals surface area contributed by atoms with Crippen LogP contribution in [0.1, 0.15) is 5.56 Å². The van der Waals surface area contributed by atoms with Crippen LogP contribution < -0.4 is 11.5 Å². The molecular formula is C16H11N9O2. The summed E-state index contributed by atoms with van der Waals surface area (Å²) in [6.07, 6.45) is 3.17. The van der Waals surface area contributed by atoms with Crippen molar-refractivity contribution in [3.63, 3.8) is 0 Å². The number of pyridine rings is 1. The van der Waals surface area contributed by atoms with Crippen LogP contribution in [0.2, 0.25) is 0 Å². The summed E-state index contributed by atoms with van der Waals surface area (Å²) in [5.41, 5.74) is 12.3. The zero-order valence-electron chi connectivity index (χ0n) is 13.6. The summed E-state index contributed by atoms with van der Waals surface area (Å²) in [7, 11) is 0. The number of anilines is 2. The van der Waals surface area contributed by atoms with Gasteiger partial charge in [0.05, 0.1) is 10.5 Å². The van der Waals surface area contributed by atoms with Crippen LogP contribution in [0.5, 0.6) is 0 Å². The second kappa shape index (κ2) is 7.19. The van der Waals surface area contributed by atoms with Gasteiger partial charge < -0.3 is 11.5 Å². The molecule has 2 heterocycles. The summed E-state index contributed by atoms with van der Waals surface area (Å²) >= 11 is 0. The topological polar surface area (TPSA) is 182 Å². The van der Waals surface area contributed by atoms with E-state index < -0.39 is 4.92 Å². The minimum Gasteiger partial charge on any atom is -0.382 e. The van der Waals surface area contributed by atoms with Crippen molar-refractivity contribution in [2.45, 2.75) is 0 Å². The van der Waals surface area contributed by atoms with Gasteiger partial charge in [-0.05, 0) is 18.2 Å². The summed E-state index contributed by atoms with van der Waals surface area (Å²) < 4.78 is 0. The van der Waals surface area contributed by atoms with Crippen molar-refractivity contribution in [1.82, 2.24) is 15.0 Å². The van der Waals surface area contributed by atoms with E-state index in [9.17, 15) is 10.1 Å². The number of nitrogens with two attached hydrogens (primary N) is 2. The minimum absolute atomic E-state index is 0.00878. The number of non-ortho nitro benzene ring substituents is 1. The molecule has 0 aliphatic rings. The largest absolute Gasteiger partial charge is 0.382 e. The molecule has 0 aliphatic carbocycles. The Morgan fingerprint density at radius 2 is 1.89 bits per heavy atom. The van der Waals surface area contributed by atoms with Gasteiger partial charge in [0.15, 0.2) is 23.1 Å². The highest BCUT2D eigenvalue weighted by molar-refractivity contribution is 5.73. The van der Waals surface area contributed by atoms with Crippen molar-refractivity contribution < 1.29 is 4.92 Å². The molecule has 0 radical (unpaired) electrons. The number of aromatic nitrogens is 3. The Morgan fingerprint density at radius 1 is 1.15 bits per heavy atom. The molecular weight excluding hydrogens is 350 g/mol. The lowest BCUT2D eigenvalue weighted by atomic mass is 10.2. The number of benzene rings is 1. The lowest BCUT2D eigenvalue weighted by Crippen LogP contribution is -2.01. The highest BCUT2D eigenvalue weighted by Crippen LogP contribution is 2.32. The SMILES string of the molecule is N#Cc1cc([N+](=O)[O-])ccc1N=Nc1c(N)nc(-c2cccnc2)nc1N. The Kier molecular flexibility index (Phi) is 4.63. The fourth-order valence-corrected chi connectivity index (χ4v) is 2.14. The van der Waals surface area contributed by atoms with E-state index in [0.29, 0.717) is 5.56 Å². The van der Waals surface area contributed by atoms with E-state index in [0.717, 1.165) is 6.07 Å². The first-order chi connectivity index (χ1) is 13.0. The predicted octanol–water partition coefficient (Wildman–Crippen LogP) is 2.90. The van der Waals surface area contributed by atoms with Crippen molar-refractivity contribution in [3.05, 3.63) is 58.4 Å². The number of rotatable bonds is 4. The minimum atomic E-state index is -0.608. The number of nitrogens with zero attached hydrogens (tertiary/aromatic N) is 7. The molecule has 3 rings (SSSR count). The van der Waals surface area contributed by atoms with Gasteiger partial charge in [0.25, 0.3) is 5.69 Å². The third-order valence-corrected chi connectivity index (χ3v) is 3.43. The third-order valence-electron chi connectivity index (χ3n) is 3.43. The molecule has 0 fully saturated rings. The second-order valence-electron chi connectivity index (χ2n) is 5.18. The van der Waals surface area contributed by atoms with Gasteiger partial charge in [-0.2, -0.15) is 5.26 Å². The number of nitro benzene ring substituents is 1. The van der Waals surface area contributed by atoms with Crippen LogP contribution in [0.15, 0.2) is 53.0 Å². The fraction of sp³-hybridized carbons (Fsp3) is 0. The quantitative estimate of drug-likeness (QED) is 0.403. The van der Waals surface area contributed by atoms with Crippen LogP contribution >= 0.6 is 0 Å². The second-order valence-corrected chi connectivity index (χ2v) is 5.18. The molecule has 0 spiro atoms. The van der Waals surface area contributed by atoms with Crippen LogP contribution in [-0.2, 0) is 0 Å². The fourth-order valence-electron chi connectivity index (χ4n) is 2.14. The van der Waals surface area contributed by atoms with Crippen molar-refractivity contribution in [2.24, 2.45) is 10.2 Å². The summed E-state index contributed by atoms with van der Waals surface area (Å²) in [5.74, 6) is 0.265. The molecule has 1 aromatic carbocycles. The molecule has 0 saturated heterocycles. The van der Waals surface area contributed by atoms with Gasteiger partial charge >= 0.3 is 0 Å². The van der Waals surface area contributed by atoms with E-state index in [1.165, 1.54) is 12.1 Å². The molecule has 0 unspecified atom stereocenters. The Morgan fingerprint density at radius 3 is 2.48 bits per heavy atom. The summed E-state index contributed by atoms with van der Waals surface area (Å²) in [6.45, 7) is 0. The maximum atomic E-state index is 10.8. The molecule has 2 aromatic heterocycles. The van der Waals surface area contributed by atoms with Crippen LogP contribution in [0, 0.1) is 21.4 Å². The molecule has 27 heavy (non-hydrogen) atoms. The van der Waals surface area contributed by atoms with E-state index >= 15 is 0 Å². The van der Waals surface area contributed by atoms with Crippen LogP contribution in [0.4, 0.5) is 28.7 Å². The number of nitrogen functional groups attached to an aromatic ring is 2. The average Bonchev–Trinajstić information content (AvgIpc) is 2.67. The molecule has 0 bridgehead atoms. The first-order valence-corrected chi connectivity index (χ1v) is 7.43. The van der Waals surface area contributed by atoms with Crippen LogP contribution in [0.3, 0.4) is 0 Å². The molecule has 0 saturated carbocycles. The van der Waals surface area contributed by atoms with E-state index in [4.69, 9.17) is 16.7 Å². The molecule has 132 valence electrons. The van der Waals surface area contributed by atoms with Crippen LogP contribution in [-0.4, -0.2) is 19.9 Å². The predicted molar refractivity (Wildman–Crippen MR) is 96.1 cm³/mol. The molecule has 11 nitrogen and oxygen atoms in total. The molecule has 0 aliphatic heterocycles. The Labute approximate surface area is 152 Å². The average molecular weight is 361 g/mol. The van der Waals surface area contributed by atoms with Gasteiger partial charge in [-0.25, -0.2) is 9.97 Å². The maximum Gasteiger partial charge on any atom is 0.270 e. The van der Waals surface area contributed by atoms with Gasteiger partial charge in [0.1, 0.15) is 11.8 Å². The standard InChI is InChI=1S/C16H11N9O2/c17-7-10-6-11(25(26)27)3-4-12(10)23-24-13-14(18)21-16(22-15(13)19)9-2-1-5-20-8-9/h1-6,8H,(H4,18,19,21,22).